The van der Waals surface area contributed by atoms with Gasteiger partial charge in [-0.15, -0.1) is 0 Å². The molecular formula is C19H29NO. The second kappa shape index (κ2) is 6.00. The first-order chi connectivity index (χ1) is 10.2. The number of hydrogen-bond donors (Lipinski definition) is 1. The molecule has 1 N–H and O–H groups in total. The van der Waals surface area contributed by atoms with Crippen molar-refractivity contribution in [1.29, 1.82) is 0 Å². The quantitative estimate of drug-likeness (QED) is 0.856. The molecule has 0 bridgehead atoms. The molecular weight excluding hydrogens is 258 g/mol. The molecule has 2 nitrogen and oxygen atoms in total. The maximum atomic E-state index is 5.92. The maximum absolute atomic E-state index is 5.92. The minimum Gasteiger partial charge on any atom is -0.381 e. The van der Waals surface area contributed by atoms with Crippen molar-refractivity contribution < 1.29 is 4.74 Å². The van der Waals surface area contributed by atoms with E-state index in [1.165, 1.54) is 37.8 Å². The Kier molecular flexibility index (Phi) is 4.26. The Morgan fingerprint density at radius 2 is 2.05 bits per heavy atom. The van der Waals surface area contributed by atoms with Crippen LogP contribution in [0, 0.1) is 5.41 Å². The lowest BCUT2D eigenvalue weighted by Crippen LogP contribution is -2.59. The molecule has 1 aromatic carbocycles. The Hall–Kier alpha value is -1.02. The van der Waals surface area contributed by atoms with Gasteiger partial charge in [0.2, 0.25) is 0 Å². The van der Waals surface area contributed by atoms with Crippen LogP contribution in [0.5, 0.6) is 0 Å². The van der Waals surface area contributed by atoms with Gasteiger partial charge in [-0.2, -0.15) is 0 Å². The summed E-state index contributed by atoms with van der Waals surface area (Å²) in [6.07, 6.45) is 7.91. The smallest absolute Gasteiger partial charge is 0.0667 e. The van der Waals surface area contributed by atoms with Gasteiger partial charge >= 0.3 is 0 Å². The summed E-state index contributed by atoms with van der Waals surface area (Å²) >= 11 is 0. The molecule has 2 heteroatoms. The summed E-state index contributed by atoms with van der Waals surface area (Å²) in [7, 11) is 0. The Morgan fingerprint density at radius 1 is 1.24 bits per heavy atom. The van der Waals surface area contributed by atoms with Gasteiger partial charge in [0.1, 0.15) is 0 Å². The standard InChI is InChI=1S/C19H29NO/c1-4-19(3)17(13-18(19)21-5-2)20-16-12-8-10-14-9-6-7-11-15(14)16/h8,10,12,17-18,20H,4-7,9,11,13H2,1-3H3. The number of hydrogen-bond acceptors (Lipinski definition) is 2. The molecule has 0 radical (unpaired) electrons. The summed E-state index contributed by atoms with van der Waals surface area (Å²) < 4.78 is 5.92. The number of benzene rings is 1. The zero-order valence-corrected chi connectivity index (χ0v) is 13.7. The largest absolute Gasteiger partial charge is 0.381 e. The Labute approximate surface area is 129 Å². The fourth-order valence-corrected chi connectivity index (χ4v) is 4.08. The van der Waals surface area contributed by atoms with Crippen LogP contribution in [0.2, 0.25) is 0 Å². The molecule has 1 aromatic rings. The fourth-order valence-electron chi connectivity index (χ4n) is 4.08. The Bertz CT molecular complexity index is 498. The minimum absolute atomic E-state index is 0.271. The van der Waals surface area contributed by atoms with Gasteiger partial charge in [-0.1, -0.05) is 26.0 Å². The average molecular weight is 287 g/mol. The van der Waals surface area contributed by atoms with Crippen molar-refractivity contribution >= 4 is 5.69 Å². The highest BCUT2D eigenvalue weighted by molar-refractivity contribution is 5.57. The lowest BCUT2D eigenvalue weighted by atomic mass is 9.61. The molecule has 21 heavy (non-hydrogen) atoms. The van der Waals surface area contributed by atoms with Crippen LogP contribution in [0.3, 0.4) is 0 Å². The average Bonchev–Trinajstić information content (AvgIpc) is 2.53. The van der Waals surface area contributed by atoms with Gasteiger partial charge in [-0.3, -0.25) is 0 Å². The first kappa shape index (κ1) is 14.9. The van der Waals surface area contributed by atoms with Crippen molar-refractivity contribution in [3.05, 3.63) is 29.3 Å². The van der Waals surface area contributed by atoms with E-state index < -0.39 is 0 Å². The van der Waals surface area contributed by atoms with Gasteiger partial charge in [0.15, 0.2) is 0 Å². The summed E-state index contributed by atoms with van der Waals surface area (Å²) in [5, 5.41) is 3.86. The van der Waals surface area contributed by atoms with Gasteiger partial charge in [0, 0.05) is 23.8 Å². The molecule has 3 rings (SSSR count). The molecule has 0 aliphatic heterocycles. The highest BCUT2D eigenvalue weighted by atomic mass is 16.5. The maximum Gasteiger partial charge on any atom is 0.0667 e. The van der Waals surface area contributed by atoms with Crippen molar-refractivity contribution in [2.75, 3.05) is 11.9 Å². The summed E-state index contributed by atoms with van der Waals surface area (Å²) in [5.74, 6) is 0. The first-order valence-electron chi connectivity index (χ1n) is 8.68. The molecule has 2 aliphatic carbocycles. The lowest BCUT2D eigenvalue weighted by molar-refractivity contribution is -0.109. The van der Waals surface area contributed by atoms with E-state index in [1.807, 2.05) is 0 Å². The third kappa shape index (κ3) is 2.59. The van der Waals surface area contributed by atoms with Gasteiger partial charge in [0.05, 0.1) is 6.10 Å². The minimum atomic E-state index is 0.271. The van der Waals surface area contributed by atoms with Gasteiger partial charge in [-0.05, 0) is 62.6 Å². The van der Waals surface area contributed by atoms with Crippen LogP contribution in [0.4, 0.5) is 5.69 Å². The van der Waals surface area contributed by atoms with Crippen molar-refractivity contribution in [3.63, 3.8) is 0 Å². The molecule has 0 aromatic heterocycles. The van der Waals surface area contributed by atoms with E-state index in [0.29, 0.717) is 12.1 Å². The van der Waals surface area contributed by atoms with Crippen molar-refractivity contribution in [1.82, 2.24) is 0 Å². The van der Waals surface area contributed by atoms with E-state index in [1.54, 1.807) is 11.1 Å². The van der Waals surface area contributed by atoms with E-state index in [9.17, 15) is 0 Å². The molecule has 0 amide bonds. The zero-order valence-electron chi connectivity index (χ0n) is 13.7. The summed E-state index contributed by atoms with van der Waals surface area (Å²) in [5.41, 5.74) is 4.78. The number of ether oxygens (including phenoxy) is 1. The molecule has 116 valence electrons. The van der Waals surface area contributed by atoms with Crippen molar-refractivity contribution in [3.8, 4) is 0 Å². The molecule has 0 saturated heterocycles. The van der Waals surface area contributed by atoms with Gasteiger partial charge in [-0.25, -0.2) is 0 Å². The van der Waals surface area contributed by atoms with Crippen LogP contribution >= 0.6 is 0 Å². The summed E-state index contributed by atoms with van der Waals surface area (Å²) in [6, 6.07) is 7.35. The van der Waals surface area contributed by atoms with Gasteiger partial charge < -0.3 is 10.1 Å². The second-order valence-corrected chi connectivity index (χ2v) is 6.89. The monoisotopic (exact) mass is 287 g/mol. The SMILES string of the molecule is CCOC1CC(Nc2cccc3c2CCCC3)C1(C)CC. The number of anilines is 1. The van der Waals surface area contributed by atoms with E-state index in [4.69, 9.17) is 4.74 Å². The molecule has 2 aliphatic rings. The van der Waals surface area contributed by atoms with Crippen molar-refractivity contribution in [2.45, 2.75) is 71.4 Å². The van der Waals surface area contributed by atoms with E-state index in [2.05, 4.69) is 44.3 Å². The van der Waals surface area contributed by atoms with E-state index in [0.717, 1.165) is 13.0 Å². The number of rotatable bonds is 5. The topological polar surface area (TPSA) is 21.3 Å². The van der Waals surface area contributed by atoms with Crippen molar-refractivity contribution in [2.24, 2.45) is 5.41 Å². The van der Waals surface area contributed by atoms with E-state index in [-0.39, 0.29) is 5.41 Å². The number of aryl methyl sites for hydroxylation is 1. The summed E-state index contributed by atoms with van der Waals surface area (Å²) in [4.78, 5) is 0. The third-order valence-electron chi connectivity index (χ3n) is 5.84. The molecule has 1 saturated carbocycles. The normalized spacial score (nSPS) is 31.4. The second-order valence-electron chi connectivity index (χ2n) is 6.89. The Balaban J connectivity index is 1.76. The molecule has 3 atom stereocenters. The number of nitrogens with one attached hydrogen (secondary N) is 1. The van der Waals surface area contributed by atoms with Crippen LogP contribution in [0.25, 0.3) is 0 Å². The molecule has 0 spiro atoms. The first-order valence-corrected chi connectivity index (χ1v) is 8.68. The third-order valence-corrected chi connectivity index (χ3v) is 5.84. The van der Waals surface area contributed by atoms with Gasteiger partial charge in [0.25, 0.3) is 0 Å². The van der Waals surface area contributed by atoms with E-state index >= 15 is 0 Å². The molecule has 1 fully saturated rings. The highest BCUT2D eigenvalue weighted by Gasteiger charge is 2.51. The zero-order chi connectivity index (χ0) is 14.9. The predicted molar refractivity (Wildman–Crippen MR) is 88.9 cm³/mol. The highest BCUT2D eigenvalue weighted by Crippen LogP contribution is 2.47. The Morgan fingerprint density at radius 3 is 2.81 bits per heavy atom. The van der Waals surface area contributed by atoms with Crippen LogP contribution in [0.15, 0.2) is 18.2 Å². The lowest BCUT2D eigenvalue weighted by Gasteiger charge is -2.54. The molecule has 3 unspecified atom stereocenters. The van der Waals surface area contributed by atoms with Crippen LogP contribution in [-0.2, 0) is 17.6 Å². The predicted octanol–water partition coefficient (Wildman–Crippen LogP) is 4.57. The van der Waals surface area contributed by atoms with Crippen LogP contribution in [-0.4, -0.2) is 18.8 Å². The molecule has 0 heterocycles. The summed E-state index contributed by atoms with van der Waals surface area (Å²) in [6.45, 7) is 7.60. The van der Waals surface area contributed by atoms with Crippen LogP contribution in [0.1, 0.15) is 57.6 Å². The number of fused-ring (bicyclic) bond motifs is 1. The fraction of sp³-hybridized carbons (Fsp3) is 0.684. The van der Waals surface area contributed by atoms with Crippen LogP contribution < -0.4 is 5.32 Å².